The summed E-state index contributed by atoms with van der Waals surface area (Å²) in [6.45, 7) is 2.14. The molecule has 0 saturated carbocycles. The van der Waals surface area contributed by atoms with Gasteiger partial charge in [0.25, 0.3) is 0 Å². The number of benzene rings is 1. The largest absolute Gasteiger partial charge is 0.310 e. The Bertz CT molecular complexity index is 438. The summed E-state index contributed by atoms with van der Waals surface area (Å²) in [5, 5.41) is 0. The van der Waals surface area contributed by atoms with Gasteiger partial charge < -0.3 is 0 Å². The van der Waals surface area contributed by atoms with Crippen molar-refractivity contribution in [3.05, 3.63) is 24.3 Å². The molecule has 7 heteroatoms. The van der Waals surface area contributed by atoms with Gasteiger partial charge in [0.05, 0.1) is 0 Å². The lowest BCUT2D eigenvalue weighted by Gasteiger charge is -2.40. The molecule has 0 bridgehead atoms. The lowest BCUT2D eigenvalue weighted by Crippen LogP contribution is -2.05. The summed E-state index contributed by atoms with van der Waals surface area (Å²) in [5.41, 5.74) is 0. The van der Waals surface area contributed by atoms with Gasteiger partial charge in [0.15, 0.2) is 0 Å². The first-order valence-electron chi connectivity index (χ1n) is 7.00. The number of thioether (sulfide) groups is 1. The first-order chi connectivity index (χ1) is 9.53. The maximum Gasteiger partial charge on any atom is 0.310 e. The first-order valence-corrected chi connectivity index (χ1v) is 9.93. The van der Waals surface area contributed by atoms with E-state index in [1.54, 1.807) is 0 Å². The summed E-state index contributed by atoms with van der Waals surface area (Å²) in [4.78, 5) is -1.23. The number of halogens is 5. The minimum absolute atomic E-state index is 0.477. The molecule has 0 aromatic heterocycles. The van der Waals surface area contributed by atoms with Crippen LogP contribution in [-0.4, -0.2) is 5.75 Å². The number of hydrogen-bond acceptors (Lipinski definition) is 1. The van der Waals surface area contributed by atoms with E-state index in [4.69, 9.17) is 0 Å². The molecule has 21 heavy (non-hydrogen) atoms. The van der Waals surface area contributed by atoms with E-state index in [1.807, 2.05) is 0 Å². The van der Waals surface area contributed by atoms with Gasteiger partial charge in [-0.3, -0.25) is 0 Å². The van der Waals surface area contributed by atoms with E-state index in [1.165, 1.54) is 31.0 Å². The van der Waals surface area contributed by atoms with Crippen molar-refractivity contribution in [2.45, 2.75) is 55.2 Å². The lowest BCUT2D eigenvalue weighted by molar-refractivity contribution is 0.364. The quantitative estimate of drug-likeness (QED) is 0.249. The van der Waals surface area contributed by atoms with Crippen LogP contribution in [-0.2, 0) is 0 Å². The Morgan fingerprint density at radius 3 is 1.86 bits per heavy atom. The van der Waals surface area contributed by atoms with Crippen molar-refractivity contribution in [3.63, 3.8) is 0 Å². The van der Waals surface area contributed by atoms with Crippen molar-refractivity contribution in [1.29, 1.82) is 0 Å². The van der Waals surface area contributed by atoms with E-state index in [9.17, 15) is 19.4 Å². The van der Waals surface area contributed by atoms with Crippen molar-refractivity contribution in [3.8, 4) is 0 Å². The summed E-state index contributed by atoms with van der Waals surface area (Å²) >= 11 is 1.40. The summed E-state index contributed by atoms with van der Waals surface area (Å²) in [6, 6.07) is 3.19. The van der Waals surface area contributed by atoms with Crippen molar-refractivity contribution in [1.82, 2.24) is 0 Å². The van der Waals surface area contributed by atoms with Gasteiger partial charge in [-0.05, 0) is 36.4 Å². The van der Waals surface area contributed by atoms with E-state index in [0.29, 0.717) is 17.0 Å². The van der Waals surface area contributed by atoms with Gasteiger partial charge in [0.1, 0.15) is 4.90 Å². The molecule has 0 atom stereocenters. The van der Waals surface area contributed by atoms with E-state index < -0.39 is 15.1 Å². The van der Waals surface area contributed by atoms with Gasteiger partial charge in [-0.25, -0.2) is 0 Å². The van der Waals surface area contributed by atoms with Gasteiger partial charge in [-0.15, -0.1) is 11.8 Å². The Morgan fingerprint density at radius 2 is 1.33 bits per heavy atom. The molecule has 0 nitrogen and oxygen atoms in total. The molecule has 0 fully saturated rings. The van der Waals surface area contributed by atoms with Crippen LogP contribution >= 0.6 is 22.0 Å². The second-order valence-electron chi connectivity index (χ2n) is 5.06. The fraction of sp³-hybridized carbons (Fsp3) is 0.571. The molecule has 0 heterocycles. The van der Waals surface area contributed by atoms with Crippen molar-refractivity contribution in [2.75, 3.05) is 5.75 Å². The fourth-order valence-electron chi connectivity index (χ4n) is 1.87. The fourth-order valence-corrected chi connectivity index (χ4v) is 3.43. The molecule has 0 aliphatic rings. The molecule has 0 aliphatic heterocycles. The van der Waals surface area contributed by atoms with Gasteiger partial charge in [-0.1, -0.05) is 58.5 Å². The van der Waals surface area contributed by atoms with E-state index in [0.717, 1.165) is 37.1 Å². The van der Waals surface area contributed by atoms with Crippen molar-refractivity contribution < 1.29 is 19.4 Å². The molecule has 0 radical (unpaired) electrons. The Labute approximate surface area is 127 Å². The van der Waals surface area contributed by atoms with Crippen LogP contribution in [0.3, 0.4) is 0 Å². The number of unbranched alkanes of at least 4 members (excludes halogenated alkanes) is 5. The molecule has 1 aromatic rings. The monoisotopic (exact) mass is 348 g/mol. The molecule has 0 N–H and O–H groups in total. The number of hydrogen-bond donors (Lipinski definition) is 0. The van der Waals surface area contributed by atoms with Crippen LogP contribution in [0.1, 0.15) is 45.4 Å². The van der Waals surface area contributed by atoms with Crippen molar-refractivity contribution >= 4 is 22.0 Å². The van der Waals surface area contributed by atoms with Crippen molar-refractivity contribution in [2.24, 2.45) is 0 Å². The minimum Gasteiger partial charge on any atom is -0.126 e. The summed E-state index contributed by atoms with van der Waals surface area (Å²) in [6.07, 6.45) is 6.86. The van der Waals surface area contributed by atoms with Crippen LogP contribution in [0.15, 0.2) is 34.1 Å². The van der Waals surface area contributed by atoms with Crippen LogP contribution in [0.25, 0.3) is 0 Å². The molecule has 1 aromatic carbocycles. The molecule has 0 spiro atoms. The SMILES string of the molecule is CCCCCCCCSc1ccc(S(F)(F)(F)(F)F)cc1. The van der Waals surface area contributed by atoms with E-state index >= 15 is 0 Å². The van der Waals surface area contributed by atoms with Crippen LogP contribution in [0.2, 0.25) is 0 Å². The predicted octanol–water partition coefficient (Wildman–Crippen LogP) is 7.80. The first kappa shape index (κ1) is 18.6. The molecule has 0 unspecified atom stereocenters. The standard InChI is InChI=1S/C14H21F5S2/c1-2-3-4-5-6-7-12-20-13-8-10-14(11-9-13)21(15,16,17,18)19/h8-11H,2-7,12H2,1H3. The molecular formula is C14H21F5S2. The maximum absolute atomic E-state index is 12.5. The lowest BCUT2D eigenvalue weighted by atomic mass is 10.1. The van der Waals surface area contributed by atoms with Crippen LogP contribution in [0, 0.1) is 0 Å². The highest BCUT2D eigenvalue weighted by Crippen LogP contribution is 3.02. The van der Waals surface area contributed by atoms with Crippen LogP contribution in [0.4, 0.5) is 19.4 Å². The Morgan fingerprint density at radius 1 is 0.810 bits per heavy atom. The third-order valence-corrected chi connectivity index (χ3v) is 5.30. The average Bonchev–Trinajstić information content (AvgIpc) is 2.35. The third-order valence-electron chi connectivity index (χ3n) is 3.04. The zero-order valence-corrected chi connectivity index (χ0v) is 13.6. The Balaban J connectivity index is 2.40. The Hall–Kier alpha value is -0.430. The normalized spacial score (nSPS) is 15.5. The zero-order valence-electron chi connectivity index (χ0n) is 12.0. The average molecular weight is 348 g/mol. The molecule has 0 saturated heterocycles. The number of rotatable bonds is 9. The summed E-state index contributed by atoms with van der Waals surface area (Å²) in [7, 11) is -9.53. The van der Waals surface area contributed by atoms with E-state index in [2.05, 4.69) is 6.92 Å². The maximum atomic E-state index is 12.5. The van der Waals surface area contributed by atoms with E-state index in [-0.39, 0.29) is 0 Å². The van der Waals surface area contributed by atoms with Gasteiger partial charge >= 0.3 is 10.2 Å². The smallest absolute Gasteiger partial charge is 0.126 e. The van der Waals surface area contributed by atoms with Crippen LogP contribution < -0.4 is 0 Å². The second kappa shape index (κ2) is 6.36. The third kappa shape index (κ3) is 7.40. The summed E-state index contributed by atoms with van der Waals surface area (Å²) < 4.78 is 62.6. The molecular weight excluding hydrogens is 327 g/mol. The molecule has 0 aliphatic carbocycles. The summed E-state index contributed by atoms with van der Waals surface area (Å²) in [5.74, 6) is 0.794. The Kier molecular flexibility index (Phi) is 5.64. The van der Waals surface area contributed by atoms with Crippen LogP contribution in [0.5, 0.6) is 0 Å². The highest BCUT2D eigenvalue weighted by molar-refractivity contribution is 8.45. The van der Waals surface area contributed by atoms with Gasteiger partial charge in [-0.2, -0.15) is 0 Å². The van der Waals surface area contributed by atoms with Gasteiger partial charge in [0, 0.05) is 4.90 Å². The topological polar surface area (TPSA) is 0 Å². The highest BCUT2D eigenvalue weighted by atomic mass is 32.5. The highest BCUT2D eigenvalue weighted by Gasteiger charge is 2.65. The molecule has 124 valence electrons. The van der Waals surface area contributed by atoms with Gasteiger partial charge in [0.2, 0.25) is 0 Å². The minimum atomic E-state index is -9.53. The second-order valence-corrected chi connectivity index (χ2v) is 8.63. The molecule has 1 rings (SSSR count). The molecule has 0 amide bonds. The zero-order chi connectivity index (χ0) is 16.0. The predicted molar refractivity (Wildman–Crippen MR) is 81.9 cm³/mol.